The van der Waals surface area contributed by atoms with Gasteiger partial charge in [0.05, 0.1) is 11.3 Å². The number of nitrogens with one attached hydrogen (secondary N) is 2. The van der Waals surface area contributed by atoms with Crippen LogP contribution >= 0.6 is 34.7 Å². The van der Waals surface area contributed by atoms with E-state index in [-0.39, 0.29) is 26.2 Å². The van der Waals surface area contributed by atoms with E-state index in [2.05, 4.69) is 27.7 Å². The molecule has 1 fully saturated rings. The number of rotatable bonds is 15. The molecule has 5 rings (SSSR count). The second-order valence-corrected chi connectivity index (χ2v) is 16.0. The highest BCUT2D eigenvalue weighted by Crippen LogP contribution is 2.40. The average Bonchev–Trinajstić information content (AvgIpc) is 3.88. The Morgan fingerprint density at radius 1 is 0.982 bits per heavy atom. The normalized spacial score (nSPS) is 12.9. The van der Waals surface area contributed by atoms with Crippen molar-refractivity contribution in [1.29, 1.82) is 10.5 Å². The van der Waals surface area contributed by atoms with Gasteiger partial charge >= 0.3 is 12.1 Å². The summed E-state index contributed by atoms with van der Waals surface area (Å²) in [6, 6.07) is 18.3. The third-order valence-corrected chi connectivity index (χ3v) is 10.5. The lowest BCUT2D eigenvalue weighted by Crippen LogP contribution is -2.41. The van der Waals surface area contributed by atoms with Crippen molar-refractivity contribution >= 4 is 58.5 Å². The van der Waals surface area contributed by atoms with Gasteiger partial charge in [0.15, 0.2) is 0 Å². The number of pyridine rings is 1. The van der Waals surface area contributed by atoms with Crippen LogP contribution in [0.3, 0.4) is 0 Å². The minimum atomic E-state index is -0.908. The van der Waals surface area contributed by atoms with Crippen LogP contribution in [0.25, 0.3) is 21.7 Å². The predicted octanol–water partition coefficient (Wildman–Crippen LogP) is 7.50. The van der Waals surface area contributed by atoms with Crippen molar-refractivity contribution in [2.24, 2.45) is 0 Å². The summed E-state index contributed by atoms with van der Waals surface area (Å²) >= 11 is 9.00. The molecule has 0 spiro atoms. The van der Waals surface area contributed by atoms with Crippen LogP contribution in [0.2, 0.25) is 5.02 Å². The van der Waals surface area contributed by atoms with Gasteiger partial charge in [0.25, 0.3) is 0 Å². The fourth-order valence-corrected chi connectivity index (χ4v) is 7.60. The van der Waals surface area contributed by atoms with Crippen molar-refractivity contribution < 1.29 is 28.6 Å². The van der Waals surface area contributed by atoms with E-state index in [0.717, 1.165) is 42.2 Å². The van der Waals surface area contributed by atoms with Gasteiger partial charge in [-0.3, -0.25) is 4.79 Å². The Bertz CT molecular complexity index is 2100. The SMILES string of the molecule is C[C@H](NC(=O)CCNC(=O)OC(C)(C)C)C(=O)OCCOc1ccc(-c2c(C#N)c(SCc3csc(-c4ccc(Cl)cc4)n3)nc(N3CCCC3)c2C#N)cc1. The largest absolute Gasteiger partial charge is 0.490 e. The number of esters is 1. The van der Waals surface area contributed by atoms with Gasteiger partial charge in [-0.15, -0.1) is 11.3 Å². The molecule has 1 atom stereocenters. The zero-order valence-corrected chi connectivity index (χ0v) is 33.9. The maximum absolute atomic E-state index is 12.4. The van der Waals surface area contributed by atoms with E-state index >= 15 is 0 Å². The van der Waals surface area contributed by atoms with Gasteiger partial charge in [-0.05, 0) is 70.4 Å². The number of hydrogen-bond acceptors (Lipinski definition) is 13. The van der Waals surface area contributed by atoms with E-state index in [0.29, 0.717) is 49.6 Å². The van der Waals surface area contributed by atoms with Crippen LogP contribution in [0.4, 0.5) is 10.6 Å². The second-order valence-electron chi connectivity index (χ2n) is 13.7. The summed E-state index contributed by atoms with van der Waals surface area (Å²) in [4.78, 5) is 48.2. The van der Waals surface area contributed by atoms with Gasteiger partial charge in [0.2, 0.25) is 5.91 Å². The number of nitrogens with zero attached hydrogens (tertiary/aromatic N) is 5. The first-order chi connectivity index (χ1) is 26.8. The number of alkyl carbamates (subject to hydrolysis) is 1. The zero-order chi connectivity index (χ0) is 40.2. The van der Waals surface area contributed by atoms with Gasteiger partial charge in [0.1, 0.15) is 64.2 Å². The van der Waals surface area contributed by atoms with Gasteiger partial charge in [0, 0.05) is 53.3 Å². The number of ether oxygens (including phenoxy) is 3. The molecule has 2 aromatic heterocycles. The number of hydrogen-bond donors (Lipinski definition) is 2. The summed E-state index contributed by atoms with van der Waals surface area (Å²) in [5, 5.41) is 30.0. The van der Waals surface area contributed by atoms with Crippen molar-refractivity contribution in [3.8, 4) is 39.6 Å². The number of benzene rings is 2. The first kappa shape index (κ1) is 41.8. The highest BCUT2D eigenvalue weighted by molar-refractivity contribution is 7.98. The quantitative estimate of drug-likeness (QED) is 0.0687. The van der Waals surface area contributed by atoms with E-state index < -0.39 is 29.6 Å². The predicted molar refractivity (Wildman–Crippen MR) is 216 cm³/mol. The van der Waals surface area contributed by atoms with Gasteiger partial charge < -0.3 is 29.7 Å². The summed E-state index contributed by atoms with van der Waals surface area (Å²) in [5.41, 5.74) is 2.98. The smallest absolute Gasteiger partial charge is 0.407 e. The Morgan fingerprint density at radius 3 is 2.32 bits per heavy atom. The van der Waals surface area contributed by atoms with Gasteiger partial charge in [-0.2, -0.15) is 10.5 Å². The Labute approximate surface area is 339 Å². The van der Waals surface area contributed by atoms with Crippen molar-refractivity contribution in [1.82, 2.24) is 20.6 Å². The molecule has 2 aromatic carbocycles. The van der Waals surface area contributed by atoms with Crippen LogP contribution in [0.5, 0.6) is 5.75 Å². The van der Waals surface area contributed by atoms with E-state index in [4.69, 9.17) is 35.8 Å². The van der Waals surface area contributed by atoms with Crippen LogP contribution in [0.15, 0.2) is 58.9 Å². The number of carbonyl (C=O) groups is 3. The Kier molecular flexibility index (Phi) is 14.5. The number of amides is 2. The molecule has 0 radical (unpaired) electrons. The molecule has 0 aliphatic carbocycles. The maximum Gasteiger partial charge on any atom is 0.407 e. The summed E-state index contributed by atoms with van der Waals surface area (Å²) in [6.07, 6.45) is 1.30. The Morgan fingerprint density at radius 2 is 1.66 bits per heavy atom. The van der Waals surface area contributed by atoms with Gasteiger partial charge in [-0.1, -0.05) is 47.6 Å². The molecular formula is C40H42ClN7O6S2. The van der Waals surface area contributed by atoms with E-state index in [1.165, 1.54) is 30.0 Å². The molecule has 0 unspecified atom stereocenters. The molecule has 292 valence electrons. The molecular weight excluding hydrogens is 774 g/mol. The first-order valence-electron chi connectivity index (χ1n) is 18.0. The third kappa shape index (κ3) is 11.6. The van der Waals surface area contributed by atoms with E-state index in [1.54, 1.807) is 45.0 Å². The van der Waals surface area contributed by atoms with Crippen molar-refractivity contribution in [2.75, 3.05) is 37.7 Å². The monoisotopic (exact) mass is 815 g/mol. The summed E-state index contributed by atoms with van der Waals surface area (Å²) < 4.78 is 16.2. The molecule has 3 heterocycles. The highest BCUT2D eigenvalue weighted by Gasteiger charge is 2.27. The second kappa shape index (κ2) is 19.5. The number of thiazole rings is 1. The molecule has 56 heavy (non-hydrogen) atoms. The van der Waals surface area contributed by atoms with Gasteiger partial charge in [-0.25, -0.2) is 19.6 Å². The number of nitriles is 2. The molecule has 16 heteroatoms. The van der Waals surface area contributed by atoms with Crippen molar-refractivity contribution in [2.45, 2.75) is 69.4 Å². The van der Waals surface area contributed by atoms with E-state index in [9.17, 15) is 24.9 Å². The first-order valence-corrected chi connectivity index (χ1v) is 20.2. The summed E-state index contributed by atoms with van der Waals surface area (Å²) in [6.45, 7) is 8.27. The van der Waals surface area contributed by atoms with Crippen molar-refractivity contribution in [3.05, 3.63) is 75.8 Å². The minimum Gasteiger partial charge on any atom is -0.490 e. The summed E-state index contributed by atoms with van der Waals surface area (Å²) in [7, 11) is 0. The van der Waals surface area contributed by atoms with Crippen LogP contribution in [0, 0.1) is 22.7 Å². The fraction of sp³-hybridized carbons (Fsp3) is 0.375. The molecule has 0 bridgehead atoms. The third-order valence-electron chi connectivity index (χ3n) is 8.26. The topological polar surface area (TPSA) is 180 Å². The Balaban J connectivity index is 1.20. The van der Waals surface area contributed by atoms with Crippen LogP contribution < -0.4 is 20.3 Å². The fourth-order valence-electron chi connectivity index (χ4n) is 5.66. The molecule has 1 aliphatic rings. The number of anilines is 1. The van der Waals surface area contributed by atoms with Crippen LogP contribution in [-0.2, 0) is 24.8 Å². The molecule has 2 N–H and O–H groups in total. The number of aromatic nitrogens is 2. The molecule has 1 aliphatic heterocycles. The number of carbonyl (C=O) groups excluding carboxylic acids is 3. The minimum absolute atomic E-state index is 0.0416. The lowest BCUT2D eigenvalue weighted by atomic mass is 9.96. The highest BCUT2D eigenvalue weighted by atomic mass is 35.5. The number of halogens is 1. The molecule has 4 aromatic rings. The maximum atomic E-state index is 12.4. The lowest BCUT2D eigenvalue weighted by Gasteiger charge is -2.22. The van der Waals surface area contributed by atoms with Crippen LogP contribution in [0.1, 0.15) is 63.8 Å². The standard InChI is InChI=1S/C40H42ClN7O6S2/c1-25(45-33(49)15-16-44-39(51)54-40(2,3)4)38(50)53-20-19-52-30-13-9-26(10-14-30)34-31(21-42)35(48-17-5-6-18-48)47-37(32(34)22-43)56-24-29-23-55-36(46-29)27-7-11-28(41)12-8-27/h7-14,23,25H,5-6,15-20,24H2,1-4H3,(H,44,51)(H,45,49)/t25-/m0/s1. The molecule has 0 saturated carbocycles. The zero-order valence-electron chi connectivity index (χ0n) is 31.5. The van der Waals surface area contributed by atoms with Crippen LogP contribution in [-0.4, -0.2) is 72.4 Å². The Hall–Kier alpha value is -5.35. The molecule has 1 saturated heterocycles. The van der Waals surface area contributed by atoms with Crippen molar-refractivity contribution in [3.63, 3.8) is 0 Å². The van der Waals surface area contributed by atoms with E-state index in [1.807, 2.05) is 29.6 Å². The average molecular weight is 816 g/mol. The molecule has 13 nitrogen and oxygen atoms in total. The summed E-state index contributed by atoms with van der Waals surface area (Å²) in [5.74, 6) is 0.460. The molecule has 2 amide bonds. The number of thioether (sulfide) groups is 1. The lowest BCUT2D eigenvalue weighted by molar-refractivity contribution is -0.148.